The predicted molar refractivity (Wildman–Crippen MR) is 224 cm³/mol. The van der Waals surface area contributed by atoms with Crippen molar-refractivity contribution in [3.05, 3.63) is 148 Å². The summed E-state index contributed by atoms with van der Waals surface area (Å²) in [5, 5.41) is 16.8. The number of phenolic OH excluding ortho intramolecular Hbond substituents is 1. The van der Waals surface area contributed by atoms with Crippen molar-refractivity contribution in [3.63, 3.8) is 0 Å². The molecule has 4 aliphatic rings. The van der Waals surface area contributed by atoms with E-state index in [9.17, 15) is 14.7 Å². The van der Waals surface area contributed by atoms with Gasteiger partial charge in [0, 0.05) is 27.9 Å². The van der Waals surface area contributed by atoms with Gasteiger partial charge in [0.2, 0.25) is 11.8 Å². The highest BCUT2D eigenvalue weighted by Crippen LogP contribution is 2.65. The molecule has 2 saturated heterocycles. The number of fused-ring (bicyclic) bond motifs is 4. The number of para-hydroxylation sites is 2. The zero-order valence-corrected chi connectivity index (χ0v) is 33.4. The minimum absolute atomic E-state index is 0.0597. The van der Waals surface area contributed by atoms with Gasteiger partial charge in [0.25, 0.3) is 11.8 Å². The molecule has 0 bridgehead atoms. The summed E-state index contributed by atoms with van der Waals surface area (Å²) in [5.41, 5.74) is 5.24. The van der Waals surface area contributed by atoms with Crippen LogP contribution in [0.4, 0.5) is 22.7 Å². The Morgan fingerprint density at radius 1 is 0.763 bits per heavy atom. The van der Waals surface area contributed by atoms with Gasteiger partial charge in [-0.25, -0.2) is 0 Å². The van der Waals surface area contributed by atoms with Crippen molar-refractivity contribution >= 4 is 69.6 Å². The van der Waals surface area contributed by atoms with E-state index in [1.54, 1.807) is 66.7 Å². The average Bonchev–Trinajstić information content (AvgIpc) is 3.63. The number of halogens is 2. The monoisotopic (exact) mass is 828 g/mol. The zero-order valence-electron chi connectivity index (χ0n) is 31.9. The number of phenols is 1. The maximum Gasteiger partial charge on any atom is 0.260 e. The van der Waals surface area contributed by atoms with E-state index in [0.29, 0.717) is 33.2 Å². The van der Waals surface area contributed by atoms with Crippen LogP contribution in [0.1, 0.15) is 29.9 Å². The Bertz CT molecular complexity index is 2550. The number of hydrogen-bond donors (Lipinski definition) is 3. The van der Waals surface area contributed by atoms with Gasteiger partial charge in [0.05, 0.1) is 53.8 Å². The van der Waals surface area contributed by atoms with E-state index in [0.717, 1.165) is 16.4 Å². The van der Waals surface area contributed by atoms with Crippen LogP contribution in [0.2, 0.25) is 10.0 Å². The first-order chi connectivity index (χ1) is 28.6. The molecule has 59 heavy (non-hydrogen) atoms. The molecule has 1 saturated carbocycles. The van der Waals surface area contributed by atoms with Gasteiger partial charge in [-0.2, -0.15) is 5.01 Å². The number of imide groups is 2. The van der Waals surface area contributed by atoms with Gasteiger partial charge >= 0.3 is 0 Å². The molecule has 11 nitrogen and oxygen atoms in total. The Morgan fingerprint density at radius 2 is 1.49 bits per heavy atom. The summed E-state index contributed by atoms with van der Waals surface area (Å²) in [4.78, 5) is 61.0. The molecule has 3 N–H and O–H groups in total. The number of nitrogens with one attached hydrogen (secondary N) is 2. The SMILES string of the molecule is COc1ccc(C23C(=O)N(Nc4ccc(Cl)cc4Cl)C(=O)C2CC2C(=CCC4C(=O)N(c5ccc(Nc6ccccc6)cc5)C(=O)C42)C3c2cccc(OC)c2O)cc1. The van der Waals surface area contributed by atoms with Crippen LogP contribution in [0.5, 0.6) is 17.2 Å². The number of nitrogens with zero attached hydrogens (tertiary/aromatic N) is 2. The van der Waals surface area contributed by atoms with E-state index >= 15 is 9.59 Å². The number of carbonyl (C=O) groups is 4. The van der Waals surface area contributed by atoms with Crippen LogP contribution in [0.3, 0.4) is 0 Å². The topological polar surface area (TPSA) is 138 Å². The number of carbonyl (C=O) groups excluding carboxylic acids is 4. The molecule has 0 spiro atoms. The van der Waals surface area contributed by atoms with Crippen LogP contribution in [-0.2, 0) is 24.6 Å². The molecule has 6 atom stereocenters. The highest BCUT2D eigenvalue weighted by Gasteiger charge is 2.70. The number of methoxy groups -OCH3 is 2. The third-order valence-electron chi connectivity index (χ3n) is 12.3. The Hall–Kier alpha value is -6.30. The van der Waals surface area contributed by atoms with Gasteiger partial charge in [0.15, 0.2) is 11.5 Å². The van der Waals surface area contributed by atoms with Crippen LogP contribution in [0.15, 0.2) is 127 Å². The molecule has 298 valence electrons. The molecule has 5 aromatic carbocycles. The summed E-state index contributed by atoms with van der Waals surface area (Å²) in [6.45, 7) is 0. The number of aromatic hydroxyl groups is 1. The van der Waals surface area contributed by atoms with E-state index in [4.69, 9.17) is 32.7 Å². The molecule has 2 heterocycles. The number of hydrogen-bond acceptors (Lipinski definition) is 9. The summed E-state index contributed by atoms with van der Waals surface area (Å²) < 4.78 is 11.1. The smallest absolute Gasteiger partial charge is 0.260 e. The lowest BCUT2D eigenvalue weighted by molar-refractivity contribution is -0.138. The lowest BCUT2D eigenvalue weighted by Crippen LogP contribution is -2.53. The van der Waals surface area contributed by atoms with Crippen LogP contribution in [-0.4, -0.2) is 48.0 Å². The number of anilines is 4. The fourth-order valence-corrected chi connectivity index (χ4v) is 10.2. The quantitative estimate of drug-likeness (QED) is 0.0985. The third kappa shape index (κ3) is 6.02. The second-order valence-electron chi connectivity index (χ2n) is 15.2. The summed E-state index contributed by atoms with van der Waals surface area (Å²) >= 11 is 12.8. The van der Waals surface area contributed by atoms with Crippen molar-refractivity contribution in [2.75, 3.05) is 29.9 Å². The molecule has 0 aromatic heterocycles. The molecule has 4 amide bonds. The molecule has 3 fully saturated rings. The fourth-order valence-electron chi connectivity index (χ4n) is 9.76. The second-order valence-corrected chi connectivity index (χ2v) is 16.0. The van der Waals surface area contributed by atoms with E-state index in [1.807, 2.05) is 48.5 Å². The Morgan fingerprint density at radius 3 is 2.19 bits per heavy atom. The average molecular weight is 830 g/mol. The molecule has 0 radical (unpaired) electrons. The molecule has 5 aromatic rings. The normalized spacial score (nSPS) is 24.6. The van der Waals surface area contributed by atoms with Crippen molar-refractivity contribution in [3.8, 4) is 17.2 Å². The molecule has 2 aliphatic carbocycles. The van der Waals surface area contributed by atoms with Crippen molar-refractivity contribution < 1.29 is 33.8 Å². The first-order valence-electron chi connectivity index (χ1n) is 19.2. The van der Waals surface area contributed by atoms with Gasteiger partial charge in [-0.05, 0) is 97.1 Å². The molecular formula is C46H38Cl2N4O7. The van der Waals surface area contributed by atoms with Gasteiger partial charge in [-0.3, -0.25) is 29.5 Å². The van der Waals surface area contributed by atoms with Gasteiger partial charge in [-0.15, -0.1) is 0 Å². The maximum absolute atomic E-state index is 15.5. The summed E-state index contributed by atoms with van der Waals surface area (Å²) in [6.07, 6.45) is 2.20. The van der Waals surface area contributed by atoms with Crippen LogP contribution < -0.4 is 25.1 Å². The number of benzene rings is 5. The third-order valence-corrected chi connectivity index (χ3v) is 12.9. The lowest BCUT2D eigenvalue weighted by atomic mass is 9.49. The number of amides is 4. The maximum atomic E-state index is 15.5. The van der Waals surface area contributed by atoms with Crippen molar-refractivity contribution in [2.45, 2.75) is 24.2 Å². The van der Waals surface area contributed by atoms with E-state index < -0.39 is 46.8 Å². The van der Waals surface area contributed by atoms with Gasteiger partial charge < -0.3 is 19.9 Å². The van der Waals surface area contributed by atoms with Gasteiger partial charge in [-0.1, -0.05) is 77.3 Å². The summed E-state index contributed by atoms with van der Waals surface area (Å²) in [7, 11) is 2.97. The van der Waals surface area contributed by atoms with Crippen molar-refractivity contribution in [2.24, 2.45) is 23.7 Å². The Kier molecular flexibility index (Phi) is 9.60. The molecule has 13 heteroatoms. The summed E-state index contributed by atoms with van der Waals surface area (Å²) in [6, 6.07) is 33.4. The van der Waals surface area contributed by atoms with Crippen LogP contribution in [0, 0.1) is 23.7 Å². The van der Waals surface area contributed by atoms with Crippen molar-refractivity contribution in [1.82, 2.24) is 5.01 Å². The predicted octanol–water partition coefficient (Wildman–Crippen LogP) is 8.65. The van der Waals surface area contributed by atoms with E-state index in [-0.39, 0.29) is 46.9 Å². The van der Waals surface area contributed by atoms with Gasteiger partial charge in [0.1, 0.15) is 5.75 Å². The molecule has 9 rings (SSSR count). The number of hydrazine groups is 1. The fraction of sp³-hybridized carbons (Fsp3) is 0.217. The molecular weight excluding hydrogens is 791 g/mol. The minimum Gasteiger partial charge on any atom is -0.504 e. The molecule has 6 unspecified atom stereocenters. The highest BCUT2D eigenvalue weighted by atomic mass is 35.5. The minimum atomic E-state index is -1.65. The molecule has 2 aliphatic heterocycles. The standard InChI is InChI=1S/C46H38Cl2N4O7/c1-58-30-18-11-25(12-19-30)46-35(43(55)52(45(46)57)50-37-22-13-26(47)23-36(37)48)24-34-31(40(46)33-9-6-10-38(59-2)41(33)53)20-21-32-39(34)44(56)51(42(32)54)29-16-14-28(15-17-29)49-27-7-4-3-5-8-27/h3-20,22-23,32,34-35,39-40,49-50,53H,21,24H2,1-2H3. The first-order valence-corrected chi connectivity index (χ1v) is 19.9. The number of ether oxygens (including phenoxy) is 2. The van der Waals surface area contributed by atoms with Crippen molar-refractivity contribution in [1.29, 1.82) is 0 Å². The van der Waals surface area contributed by atoms with Crippen LogP contribution >= 0.6 is 23.2 Å². The van der Waals surface area contributed by atoms with Crippen LogP contribution in [0.25, 0.3) is 0 Å². The number of allylic oxidation sites excluding steroid dienone is 2. The summed E-state index contributed by atoms with van der Waals surface area (Å²) in [5.74, 6) is -5.62. The van der Waals surface area contributed by atoms with E-state index in [2.05, 4.69) is 10.7 Å². The second kappa shape index (κ2) is 14.8. The first kappa shape index (κ1) is 38.2. The highest BCUT2D eigenvalue weighted by molar-refractivity contribution is 6.36. The lowest BCUT2D eigenvalue weighted by Gasteiger charge is -2.50. The van der Waals surface area contributed by atoms with E-state index in [1.165, 1.54) is 25.2 Å². The Labute approximate surface area is 350 Å². The Balaban J connectivity index is 1.18. The largest absolute Gasteiger partial charge is 0.504 e. The number of rotatable bonds is 9. The zero-order chi connectivity index (χ0) is 41.2.